The van der Waals surface area contributed by atoms with Gasteiger partial charge in [0.05, 0.1) is 0 Å². The third kappa shape index (κ3) is 3.56. The number of hydrogen-bond acceptors (Lipinski definition) is 4. The van der Waals surface area contributed by atoms with Crippen LogP contribution in [-0.4, -0.2) is 42.0 Å². The SMILES string of the molecule is CC(=O)N1CCN(O[P+](=O)Cl)CC1. The Hall–Kier alpha value is -0.220. The monoisotopic (exact) mass is 225 g/mol. The molecular formula is C6H11ClN2O3P+. The number of amides is 1. The molecule has 1 unspecified atom stereocenters. The second-order valence-corrected chi connectivity index (χ2v) is 4.15. The average Bonchev–Trinajstić information content (AvgIpc) is 2.04. The molecule has 0 bridgehead atoms. The van der Waals surface area contributed by atoms with Crippen LogP contribution >= 0.6 is 18.6 Å². The Balaban J connectivity index is 2.30. The zero-order valence-electron chi connectivity index (χ0n) is 7.27. The number of piperazine rings is 1. The lowest BCUT2D eigenvalue weighted by molar-refractivity contribution is -0.136. The molecule has 0 aliphatic carbocycles. The van der Waals surface area contributed by atoms with Crippen LogP contribution in [0, 0.1) is 0 Å². The summed E-state index contributed by atoms with van der Waals surface area (Å²) in [5, 5.41) is 1.52. The fraction of sp³-hybridized carbons (Fsp3) is 0.833. The minimum atomic E-state index is -2.11. The molecule has 1 aliphatic heterocycles. The second-order valence-electron chi connectivity index (χ2n) is 2.73. The van der Waals surface area contributed by atoms with Gasteiger partial charge in [-0.25, -0.2) is 0 Å². The molecule has 74 valence electrons. The lowest BCUT2D eigenvalue weighted by Gasteiger charge is -2.29. The van der Waals surface area contributed by atoms with Gasteiger partial charge in [-0.1, -0.05) is 0 Å². The van der Waals surface area contributed by atoms with Gasteiger partial charge in [-0.2, -0.15) is 0 Å². The lowest BCUT2D eigenvalue weighted by Crippen LogP contribution is -2.47. The molecule has 0 radical (unpaired) electrons. The molecule has 0 N–H and O–H groups in total. The van der Waals surface area contributed by atoms with Crippen molar-refractivity contribution in [1.82, 2.24) is 9.96 Å². The molecule has 13 heavy (non-hydrogen) atoms. The van der Waals surface area contributed by atoms with E-state index in [1.54, 1.807) is 4.90 Å². The fourth-order valence-corrected chi connectivity index (χ4v) is 1.78. The van der Waals surface area contributed by atoms with E-state index in [1.165, 1.54) is 12.0 Å². The van der Waals surface area contributed by atoms with Gasteiger partial charge in [-0.05, 0) is 9.19 Å². The molecule has 0 saturated carbocycles. The number of nitrogens with zero attached hydrogens (tertiary/aromatic N) is 2. The van der Waals surface area contributed by atoms with Gasteiger partial charge in [-0.15, -0.1) is 5.06 Å². The summed E-state index contributed by atoms with van der Waals surface area (Å²) >= 11 is 5.17. The zero-order chi connectivity index (χ0) is 9.84. The minimum absolute atomic E-state index is 0.0508. The second kappa shape index (κ2) is 4.86. The molecule has 0 aromatic heterocycles. The molecule has 0 aromatic rings. The van der Waals surface area contributed by atoms with Crippen LogP contribution in [0.4, 0.5) is 0 Å². The largest absolute Gasteiger partial charge is 0.652 e. The van der Waals surface area contributed by atoms with Crippen molar-refractivity contribution < 1.29 is 14.0 Å². The summed E-state index contributed by atoms with van der Waals surface area (Å²) in [6.07, 6.45) is 0. The summed E-state index contributed by atoms with van der Waals surface area (Å²) in [4.78, 5) is 12.6. The van der Waals surface area contributed by atoms with Crippen molar-refractivity contribution in [1.29, 1.82) is 0 Å². The topological polar surface area (TPSA) is 49.9 Å². The highest BCUT2D eigenvalue weighted by molar-refractivity contribution is 7.69. The van der Waals surface area contributed by atoms with Crippen molar-refractivity contribution in [3.8, 4) is 0 Å². The van der Waals surface area contributed by atoms with Crippen LogP contribution in [0.1, 0.15) is 6.92 Å². The van der Waals surface area contributed by atoms with Crippen LogP contribution in [0.25, 0.3) is 0 Å². The van der Waals surface area contributed by atoms with Crippen molar-refractivity contribution in [2.45, 2.75) is 6.92 Å². The Kier molecular flexibility index (Phi) is 4.06. The van der Waals surface area contributed by atoms with Gasteiger partial charge < -0.3 is 4.90 Å². The molecule has 1 heterocycles. The molecular weight excluding hydrogens is 215 g/mol. The summed E-state index contributed by atoms with van der Waals surface area (Å²) in [5.74, 6) is 0.0508. The average molecular weight is 226 g/mol. The third-order valence-corrected chi connectivity index (χ3v) is 2.41. The maximum Gasteiger partial charge on any atom is 0.652 e. The van der Waals surface area contributed by atoms with E-state index < -0.39 is 7.38 Å². The summed E-state index contributed by atoms with van der Waals surface area (Å²) in [7, 11) is -2.11. The maximum atomic E-state index is 10.9. The first-order chi connectivity index (χ1) is 6.09. The smallest absolute Gasteiger partial charge is 0.340 e. The highest BCUT2D eigenvalue weighted by Gasteiger charge is 2.26. The van der Waals surface area contributed by atoms with Gasteiger partial charge >= 0.3 is 7.38 Å². The Morgan fingerprint density at radius 1 is 1.38 bits per heavy atom. The predicted molar refractivity (Wildman–Crippen MR) is 48.4 cm³/mol. The number of carbonyl (C=O) groups is 1. The van der Waals surface area contributed by atoms with Crippen LogP contribution in [0.2, 0.25) is 0 Å². The standard InChI is InChI=1S/C6H11ClN2O3P/c1-6(10)8-2-4-9(5-3-8)12-13(7)11/h2-5H2,1H3/q+1. The van der Waals surface area contributed by atoms with Crippen LogP contribution in [0.15, 0.2) is 0 Å². The van der Waals surface area contributed by atoms with Crippen molar-refractivity contribution in [2.75, 3.05) is 26.2 Å². The van der Waals surface area contributed by atoms with Crippen molar-refractivity contribution >= 4 is 24.5 Å². The first-order valence-corrected chi connectivity index (χ1v) is 5.99. The molecule has 1 rings (SSSR count). The summed E-state index contributed by atoms with van der Waals surface area (Å²) in [5.41, 5.74) is 0. The van der Waals surface area contributed by atoms with Gasteiger partial charge in [-0.3, -0.25) is 4.79 Å². The van der Waals surface area contributed by atoms with Crippen molar-refractivity contribution in [3.63, 3.8) is 0 Å². The number of rotatable bonds is 2. The minimum Gasteiger partial charge on any atom is -0.340 e. The normalized spacial score (nSPS) is 20.2. The van der Waals surface area contributed by atoms with E-state index in [2.05, 4.69) is 0 Å². The van der Waals surface area contributed by atoms with Crippen LogP contribution in [0.5, 0.6) is 0 Å². The zero-order valence-corrected chi connectivity index (χ0v) is 8.92. The summed E-state index contributed by atoms with van der Waals surface area (Å²) in [6, 6.07) is 0. The summed E-state index contributed by atoms with van der Waals surface area (Å²) < 4.78 is 15.3. The van der Waals surface area contributed by atoms with Crippen LogP contribution < -0.4 is 0 Å². The molecule has 1 aliphatic rings. The third-order valence-electron chi connectivity index (χ3n) is 1.86. The molecule has 7 heteroatoms. The van der Waals surface area contributed by atoms with Crippen molar-refractivity contribution in [2.24, 2.45) is 0 Å². The molecule has 1 fully saturated rings. The fourth-order valence-electron chi connectivity index (χ4n) is 1.18. The quantitative estimate of drug-likeness (QED) is 0.658. The van der Waals surface area contributed by atoms with E-state index in [0.29, 0.717) is 26.2 Å². The number of hydrogen-bond donors (Lipinski definition) is 0. The first-order valence-electron chi connectivity index (χ1n) is 3.91. The van der Waals surface area contributed by atoms with Gasteiger partial charge in [0.25, 0.3) is 0 Å². The maximum absolute atomic E-state index is 10.9. The lowest BCUT2D eigenvalue weighted by atomic mass is 10.3. The first kappa shape index (κ1) is 10.9. The van der Waals surface area contributed by atoms with Crippen molar-refractivity contribution in [3.05, 3.63) is 0 Å². The number of carbonyl (C=O) groups excluding carboxylic acids is 1. The Morgan fingerprint density at radius 2 is 1.92 bits per heavy atom. The van der Waals surface area contributed by atoms with Crippen LogP contribution in [0.3, 0.4) is 0 Å². The molecule has 5 nitrogen and oxygen atoms in total. The Bertz CT molecular complexity index is 218. The predicted octanol–water partition coefficient (Wildman–Crippen LogP) is 0.978. The molecule has 1 atom stereocenters. The highest BCUT2D eigenvalue weighted by atomic mass is 35.7. The van der Waals surface area contributed by atoms with Crippen LogP contribution in [-0.2, 0) is 14.0 Å². The summed E-state index contributed by atoms with van der Waals surface area (Å²) in [6.45, 7) is 3.81. The number of halogens is 1. The number of hydroxylamine groups is 2. The van der Waals surface area contributed by atoms with Gasteiger partial charge in [0.15, 0.2) is 0 Å². The molecule has 1 amide bonds. The molecule has 0 spiro atoms. The van der Waals surface area contributed by atoms with Gasteiger partial charge in [0.1, 0.15) is 0 Å². The van der Waals surface area contributed by atoms with Gasteiger partial charge in [0, 0.05) is 33.1 Å². The highest BCUT2D eigenvalue weighted by Crippen LogP contribution is 2.29. The van der Waals surface area contributed by atoms with E-state index >= 15 is 0 Å². The molecule has 1 saturated heterocycles. The van der Waals surface area contributed by atoms with E-state index in [9.17, 15) is 9.36 Å². The molecule has 0 aromatic carbocycles. The van der Waals surface area contributed by atoms with E-state index in [-0.39, 0.29) is 5.91 Å². The van der Waals surface area contributed by atoms with E-state index in [0.717, 1.165) is 0 Å². The Morgan fingerprint density at radius 3 is 2.31 bits per heavy atom. The Labute approximate surface area is 82.2 Å². The van der Waals surface area contributed by atoms with Gasteiger partial charge in [0.2, 0.25) is 17.1 Å². The van der Waals surface area contributed by atoms with E-state index in [4.69, 9.17) is 15.9 Å². The van der Waals surface area contributed by atoms with E-state index in [1.807, 2.05) is 0 Å².